The van der Waals surface area contributed by atoms with Crippen molar-refractivity contribution in [2.24, 2.45) is 0 Å². The van der Waals surface area contributed by atoms with Gasteiger partial charge in [-0.05, 0) is 31.2 Å². The normalized spacial score (nSPS) is 12.0. The molecule has 1 aromatic heterocycles. The van der Waals surface area contributed by atoms with Crippen LogP contribution in [-0.4, -0.2) is 25.1 Å². The number of hydrogen-bond acceptors (Lipinski definition) is 5. The first-order valence-electron chi connectivity index (χ1n) is 9.23. The smallest absolute Gasteiger partial charge is 0.341 e. The van der Waals surface area contributed by atoms with Gasteiger partial charge in [-0.1, -0.05) is 30.3 Å². The van der Waals surface area contributed by atoms with Gasteiger partial charge < -0.3 is 19.2 Å². The number of ether oxygens (including phenoxy) is 2. The van der Waals surface area contributed by atoms with Crippen LogP contribution in [0.1, 0.15) is 17.3 Å². The molecule has 7 heteroatoms. The molecule has 1 N–H and O–H groups in total. The van der Waals surface area contributed by atoms with Gasteiger partial charge in [0.2, 0.25) is 0 Å². The SMILES string of the molecule is COc1cc2c(cc1NC(=O)[C@@H](C)OC(=O)c1ccccc1F)oc1ccccc12. The number of furan rings is 1. The molecule has 1 amide bonds. The molecule has 0 saturated carbocycles. The minimum absolute atomic E-state index is 0.238. The molecule has 0 aliphatic heterocycles. The zero-order valence-corrected chi connectivity index (χ0v) is 16.3. The first kappa shape index (κ1) is 19.4. The molecule has 3 aromatic carbocycles. The van der Waals surface area contributed by atoms with E-state index in [9.17, 15) is 14.0 Å². The molecular formula is C23H18FNO5. The maximum absolute atomic E-state index is 13.7. The summed E-state index contributed by atoms with van der Waals surface area (Å²) in [6.07, 6.45) is -1.16. The molecule has 1 atom stereocenters. The average Bonchev–Trinajstić information content (AvgIpc) is 3.10. The van der Waals surface area contributed by atoms with E-state index in [0.29, 0.717) is 22.6 Å². The second-order valence-corrected chi connectivity index (χ2v) is 6.66. The van der Waals surface area contributed by atoms with Crippen molar-refractivity contribution in [3.8, 4) is 5.75 Å². The molecule has 1 heterocycles. The summed E-state index contributed by atoms with van der Waals surface area (Å²) in [6.45, 7) is 1.40. The molecule has 30 heavy (non-hydrogen) atoms. The van der Waals surface area contributed by atoms with Gasteiger partial charge in [0.1, 0.15) is 22.7 Å². The highest BCUT2D eigenvalue weighted by molar-refractivity contribution is 6.08. The monoisotopic (exact) mass is 407 g/mol. The molecule has 0 aliphatic carbocycles. The molecule has 0 aliphatic rings. The number of amides is 1. The number of methoxy groups -OCH3 is 1. The lowest BCUT2D eigenvalue weighted by Crippen LogP contribution is -2.30. The van der Waals surface area contributed by atoms with Gasteiger partial charge in [-0.15, -0.1) is 0 Å². The second kappa shape index (κ2) is 7.87. The summed E-state index contributed by atoms with van der Waals surface area (Å²) in [5.74, 6) is -1.80. The molecule has 4 rings (SSSR count). The maximum atomic E-state index is 13.7. The van der Waals surface area contributed by atoms with Crippen LogP contribution in [0.25, 0.3) is 21.9 Å². The summed E-state index contributed by atoms with van der Waals surface area (Å²) >= 11 is 0. The van der Waals surface area contributed by atoms with Crippen molar-refractivity contribution in [1.82, 2.24) is 0 Å². The van der Waals surface area contributed by atoms with Crippen LogP contribution in [0.4, 0.5) is 10.1 Å². The van der Waals surface area contributed by atoms with Crippen LogP contribution in [0.3, 0.4) is 0 Å². The first-order chi connectivity index (χ1) is 14.5. The number of carbonyl (C=O) groups is 2. The van der Waals surface area contributed by atoms with Crippen LogP contribution in [0, 0.1) is 5.82 Å². The minimum Gasteiger partial charge on any atom is -0.495 e. The van der Waals surface area contributed by atoms with E-state index in [1.165, 1.54) is 32.2 Å². The van der Waals surface area contributed by atoms with Crippen molar-refractivity contribution in [1.29, 1.82) is 0 Å². The lowest BCUT2D eigenvalue weighted by molar-refractivity contribution is -0.123. The van der Waals surface area contributed by atoms with Gasteiger partial charge in [-0.25, -0.2) is 9.18 Å². The minimum atomic E-state index is -1.16. The predicted molar refractivity (Wildman–Crippen MR) is 110 cm³/mol. The Bertz CT molecular complexity index is 1260. The van der Waals surface area contributed by atoms with E-state index < -0.39 is 23.8 Å². The van der Waals surface area contributed by atoms with Crippen molar-refractivity contribution in [3.05, 3.63) is 72.0 Å². The molecule has 0 saturated heterocycles. The third-order valence-corrected chi connectivity index (χ3v) is 4.70. The standard InChI is InChI=1S/C23H18FNO5/c1-13(29-23(27)15-8-3-5-9-17(15)24)22(26)25-18-12-20-16(11-21(18)28-2)14-7-4-6-10-19(14)30-20/h3-13H,1-2H3,(H,25,26)/t13-/m1/s1. The van der Waals surface area contributed by atoms with E-state index >= 15 is 0 Å². The Labute approximate surface area is 171 Å². The highest BCUT2D eigenvalue weighted by atomic mass is 19.1. The van der Waals surface area contributed by atoms with Crippen molar-refractivity contribution in [3.63, 3.8) is 0 Å². The van der Waals surface area contributed by atoms with Crippen molar-refractivity contribution >= 4 is 39.5 Å². The van der Waals surface area contributed by atoms with Gasteiger partial charge in [0.25, 0.3) is 5.91 Å². The van der Waals surface area contributed by atoms with Crippen LogP contribution in [-0.2, 0) is 9.53 Å². The maximum Gasteiger partial charge on any atom is 0.341 e. The molecule has 0 unspecified atom stereocenters. The number of para-hydroxylation sites is 1. The summed E-state index contributed by atoms with van der Waals surface area (Å²) < 4.78 is 30.1. The van der Waals surface area contributed by atoms with E-state index in [4.69, 9.17) is 13.9 Å². The summed E-state index contributed by atoms with van der Waals surface area (Å²) in [6, 6.07) is 16.4. The number of hydrogen-bond donors (Lipinski definition) is 1. The lowest BCUT2D eigenvalue weighted by Gasteiger charge is -2.15. The predicted octanol–water partition coefficient (Wildman–Crippen LogP) is 4.92. The molecule has 4 aromatic rings. The quantitative estimate of drug-likeness (QED) is 0.475. The molecular weight excluding hydrogens is 389 g/mol. The number of rotatable bonds is 5. The number of carbonyl (C=O) groups excluding carboxylic acids is 2. The Morgan fingerprint density at radius 1 is 1.00 bits per heavy atom. The number of nitrogens with one attached hydrogen (secondary N) is 1. The van der Waals surface area contributed by atoms with Gasteiger partial charge in [-0.3, -0.25) is 4.79 Å². The zero-order valence-electron chi connectivity index (χ0n) is 16.3. The fraction of sp³-hybridized carbons (Fsp3) is 0.130. The van der Waals surface area contributed by atoms with E-state index in [1.807, 2.05) is 24.3 Å². The number of benzene rings is 3. The zero-order chi connectivity index (χ0) is 21.3. The topological polar surface area (TPSA) is 77.8 Å². The number of anilines is 1. The van der Waals surface area contributed by atoms with Gasteiger partial charge in [0, 0.05) is 16.8 Å². The number of esters is 1. The fourth-order valence-electron chi connectivity index (χ4n) is 3.16. The van der Waals surface area contributed by atoms with Crippen molar-refractivity contribution in [2.75, 3.05) is 12.4 Å². The van der Waals surface area contributed by atoms with Crippen LogP contribution < -0.4 is 10.1 Å². The summed E-state index contributed by atoms with van der Waals surface area (Å²) in [5, 5.41) is 4.45. The van der Waals surface area contributed by atoms with Crippen LogP contribution in [0.15, 0.2) is 65.1 Å². The first-order valence-corrected chi connectivity index (χ1v) is 9.23. The Morgan fingerprint density at radius 2 is 1.73 bits per heavy atom. The van der Waals surface area contributed by atoms with Crippen molar-refractivity contribution < 1.29 is 27.9 Å². The summed E-state index contributed by atoms with van der Waals surface area (Å²) in [7, 11) is 1.49. The molecule has 0 bridgehead atoms. The molecule has 0 fully saturated rings. The van der Waals surface area contributed by atoms with E-state index in [2.05, 4.69) is 5.32 Å². The highest BCUT2D eigenvalue weighted by Crippen LogP contribution is 2.36. The lowest BCUT2D eigenvalue weighted by atomic mass is 10.1. The van der Waals surface area contributed by atoms with Crippen LogP contribution >= 0.6 is 0 Å². The Morgan fingerprint density at radius 3 is 2.50 bits per heavy atom. The van der Waals surface area contributed by atoms with Gasteiger partial charge in [-0.2, -0.15) is 0 Å². The van der Waals surface area contributed by atoms with E-state index in [1.54, 1.807) is 12.1 Å². The average molecular weight is 407 g/mol. The van der Waals surface area contributed by atoms with E-state index in [0.717, 1.165) is 16.8 Å². The molecule has 0 spiro atoms. The Kier molecular flexibility index (Phi) is 5.10. The molecule has 0 radical (unpaired) electrons. The third kappa shape index (κ3) is 3.57. The molecule has 152 valence electrons. The van der Waals surface area contributed by atoms with Crippen molar-refractivity contribution in [2.45, 2.75) is 13.0 Å². The van der Waals surface area contributed by atoms with Crippen LogP contribution in [0.2, 0.25) is 0 Å². The van der Waals surface area contributed by atoms with Crippen LogP contribution in [0.5, 0.6) is 5.75 Å². The Balaban J connectivity index is 1.56. The largest absolute Gasteiger partial charge is 0.495 e. The fourth-order valence-corrected chi connectivity index (χ4v) is 3.16. The third-order valence-electron chi connectivity index (χ3n) is 4.70. The number of fused-ring (bicyclic) bond motifs is 3. The summed E-state index contributed by atoms with van der Waals surface area (Å²) in [5.41, 5.74) is 1.41. The molecule has 6 nitrogen and oxygen atoms in total. The summed E-state index contributed by atoms with van der Waals surface area (Å²) in [4.78, 5) is 24.7. The van der Waals surface area contributed by atoms with E-state index in [-0.39, 0.29) is 5.56 Å². The Hall–Kier alpha value is -3.87. The number of halogens is 1. The van der Waals surface area contributed by atoms with Gasteiger partial charge >= 0.3 is 5.97 Å². The van der Waals surface area contributed by atoms with Gasteiger partial charge in [0.15, 0.2) is 6.10 Å². The highest BCUT2D eigenvalue weighted by Gasteiger charge is 2.22. The second-order valence-electron chi connectivity index (χ2n) is 6.66. The van der Waals surface area contributed by atoms with Gasteiger partial charge in [0.05, 0.1) is 18.4 Å².